The van der Waals surface area contributed by atoms with Gasteiger partial charge in [0.2, 0.25) is 5.91 Å². The number of alkyl carbamates (subject to hydrolysis) is 1. The Hall–Kier alpha value is -3.39. The Morgan fingerprint density at radius 3 is 2.19 bits per heavy atom. The minimum atomic E-state index is -0.996. The van der Waals surface area contributed by atoms with E-state index in [0.29, 0.717) is 6.54 Å². The van der Waals surface area contributed by atoms with E-state index in [1.54, 1.807) is 6.92 Å². The van der Waals surface area contributed by atoms with Crippen LogP contribution in [0.4, 0.5) is 4.79 Å². The molecule has 2 N–H and O–H groups in total. The molecule has 0 bridgehead atoms. The third-order valence-corrected chi connectivity index (χ3v) is 5.56. The molecule has 0 saturated carbocycles. The summed E-state index contributed by atoms with van der Waals surface area (Å²) < 4.78 is 10.6. The first-order chi connectivity index (χ1) is 15.5. The maximum atomic E-state index is 12.8. The Kier molecular flexibility index (Phi) is 7.83. The van der Waals surface area contributed by atoms with E-state index in [-0.39, 0.29) is 32.1 Å². The van der Waals surface area contributed by atoms with Gasteiger partial charge in [0.1, 0.15) is 12.6 Å². The highest BCUT2D eigenvalue weighted by Crippen LogP contribution is 2.44. The van der Waals surface area contributed by atoms with Gasteiger partial charge in [0.15, 0.2) is 0 Å². The zero-order chi connectivity index (χ0) is 23.1. The van der Waals surface area contributed by atoms with Crippen molar-refractivity contribution in [3.8, 4) is 11.1 Å². The first-order valence-corrected chi connectivity index (χ1v) is 10.6. The molecule has 170 valence electrons. The van der Waals surface area contributed by atoms with Crippen molar-refractivity contribution < 1.29 is 29.0 Å². The predicted octanol–water partition coefficient (Wildman–Crippen LogP) is 2.86. The summed E-state index contributed by atoms with van der Waals surface area (Å²) in [4.78, 5) is 37.5. The van der Waals surface area contributed by atoms with Gasteiger partial charge in [-0.05, 0) is 29.2 Å². The van der Waals surface area contributed by atoms with Gasteiger partial charge in [0, 0.05) is 26.1 Å². The van der Waals surface area contributed by atoms with Gasteiger partial charge in [-0.15, -0.1) is 0 Å². The van der Waals surface area contributed by atoms with Crippen molar-refractivity contribution in [2.45, 2.75) is 25.3 Å². The van der Waals surface area contributed by atoms with Gasteiger partial charge in [-0.2, -0.15) is 0 Å². The number of carbonyl (C=O) groups excluding carboxylic acids is 2. The largest absolute Gasteiger partial charge is 0.481 e. The Bertz CT molecular complexity index is 931. The Balaban J connectivity index is 1.65. The van der Waals surface area contributed by atoms with Crippen molar-refractivity contribution in [3.05, 3.63) is 59.7 Å². The van der Waals surface area contributed by atoms with Gasteiger partial charge in [-0.25, -0.2) is 4.79 Å². The number of carboxylic acid groups (broad SMARTS) is 1. The van der Waals surface area contributed by atoms with Crippen molar-refractivity contribution in [1.29, 1.82) is 0 Å². The maximum Gasteiger partial charge on any atom is 0.407 e. The number of rotatable bonds is 10. The number of fused-ring (bicyclic) bond motifs is 3. The number of aliphatic carboxylic acids is 1. The second-order valence-electron chi connectivity index (χ2n) is 7.54. The molecule has 0 spiro atoms. The van der Waals surface area contributed by atoms with Crippen LogP contribution in [-0.2, 0) is 19.1 Å². The molecule has 1 aliphatic carbocycles. The molecule has 2 aromatic carbocycles. The van der Waals surface area contributed by atoms with Crippen molar-refractivity contribution in [2.75, 3.05) is 33.4 Å². The highest BCUT2D eigenvalue weighted by Gasteiger charge is 2.30. The number of likely N-dealkylation sites (N-methyl/N-ethyl adjacent to an activating group) is 1. The molecule has 32 heavy (non-hydrogen) atoms. The third-order valence-electron chi connectivity index (χ3n) is 5.56. The van der Waals surface area contributed by atoms with Gasteiger partial charge in [0.25, 0.3) is 0 Å². The topological polar surface area (TPSA) is 105 Å². The molecule has 0 saturated heterocycles. The second-order valence-corrected chi connectivity index (χ2v) is 7.54. The van der Waals surface area contributed by atoms with Crippen LogP contribution in [0.2, 0.25) is 0 Å². The van der Waals surface area contributed by atoms with E-state index in [1.165, 1.54) is 12.0 Å². The SMILES string of the molecule is CCN(CCC(=O)O)C(=O)[C@H](COC)NC(=O)OCC1c2ccccc2-c2ccccc21. The van der Waals surface area contributed by atoms with E-state index in [2.05, 4.69) is 17.4 Å². The van der Waals surface area contributed by atoms with Gasteiger partial charge < -0.3 is 24.8 Å². The Morgan fingerprint density at radius 1 is 1.06 bits per heavy atom. The molecule has 0 fully saturated rings. The van der Waals surface area contributed by atoms with Crippen LogP contribution < -0.4 is 5.32 Å². The number of amides is 2. The average Bonchev–Trinajstić information content (AvgIpc) is 3.11. The van der Waals surface area contributed by atoms with E-state index in [1.807, 2.05) is 36.4 Å². The van der Waals surface area contributed by atoms with Crippen LogP contribution in [0.25, 0.3) is 11.1 Å². The molecule has 1 atom stereocenters. The molecule has 1 aliphatic rings. The number of carbonyl (C=O) groups is 3. The van der Waals surface area contributed by atoms with Crippen molar-refractivity contribution >= 4 is 18.0 Å². The highest BCUT2D eigenvalue weighted by atomic mass is 16.5. The lowest BCUT2D eigenvalue weighted by Gasteiger charge is -2.26. The number of nitrogens with zero attached hydrogens (tertiary/aromatic N) is 1. The first-order valence-electron chi connectivity index (χ1n) is 10.6. The zero-order valence-electron chi connectivity index (χ0n) is 18.2. The normalized spacial score (nSPS) is 13.1. The lowest BCUT2D eigenvalue weighted by Crippen LogP contribution is -2.51. The van der Waals surface area contributed by atoms with Crippen LogP contribution in [0.3, 0.4) is 0 Å². The Morgan fingerprint density at radius 2 is 1.66 bits per heavy atom. The van der Waals surface area contributed by atoms with E-state index in [9.17, 15) is 14.4 Å². The number of hydrogen-bond acceptors (Lipinski definition) is 5. The van der Waals surface area contributed by atoms with E-state index < -0.39 is 24.0 Å². The first kappa shape index (κ1) is 23.3. The fourth-order valence-electron chi connectivity index (χ4n) is 4.00. The molecular formula is C24H28N2O6. The monoisotopic (exact) mass is 440 g/mol. The van der Waals surface area contributed by atoms with Crippen LogP contribution in [0.5, 0.6) is 0 Å². The van der Waals surface area contributed by atoms with Crippen LogP contribution in [0.1, 0.15) is 30.4 Å². The maximum absolute atomic E-state index is 12.8. The molecule has 0 aliphatic heterocycles. The molecule has 2 amide bonds. The van der Waals surface area contributed by atoms with Gasteiger partial charge >= 0.3 is 12.1 Å². The number of carboxylic acids is 1. The third kappa shape index (κ3) is 5.26. The summed E-state index contributed by atoms with van der Waals surface area (Å²) in [5.74, 6) is -1.50. The number of hydrogen-bond donors (Lipinski definition) is 2. The van der Waals surface area contributed by atoms with Crippen molar-refractivity contribution in [3.63, 3.8) is 0 Å². The highest BCUT2D eigenvalue weighted by molar-refractivity contribution is 5.86. The summed E-state index contributed by atoms with van der Waals surface area (Å²) in [6.45, 7) is 2.20. The summed E-state index contributed by atoms with van der Waals surface area (Å²) in [5, 5.41) is 11.5. The van der Waals surface area contributed by atoms with Crippen LogP contribution in [0, 0.1) is 0 Å². The molecule has 0 aromatic heterocycles. The zero-order valence-corrected chi connectivity index (χ0v) is 18.2. The average molecular weight is 440 g/mol. The van der Waals surface area contributed by atoms with E-state index >= 15 is 0 Å². The van der Waals surface area contributed by atoms with Crippen molar-refractivity contribution in [1.82, 2.24) is 10.2 Å². The van der Waals surface area contributed by atoms with Gasteiger partial charge in [0.05, 0.1) is 13.0 Å². The molecule has 8 heteroatoms. The van der Waals surface area contributed by atoms with Crippen LogP contribution >= 0.6 is 0 Å². The van der Waals surface area contributed by atoms with Crippen LogP contribution in [-0.4, -0.2) is 67.4 Å². The summed E-state index contributed by atoms with van der Waals surface area (Å²) in [5.41, 5.74) is 4.44. The molecule has 0 unspecified atom stereocenters. The summed E-state index contributed by atoms with van der Waals surface area (Å²) in [7, 11) is 1.42. The number of methoxy groups -OCH3 is 1. The smallest absolute Gasteiger partial charge is 0.407 e. The molecule has 2 aromatic rings. The minimum Gasteiger partial charge on any atom is -0.481 e. The predicted molar refractivity (Wildman–Crippen MR) is 118 cm³/mol. The number of nitrogens with one attached hydrogen (secondary N) is 1. The Labute approximate surface area is 187 Å². The number of benzene rings is 2. The lowest BCUT2D eigenvalue weighted by atomic mass is 9.98. The fraction of sp³-hybridized carbons (Fsp3) is 0.375. The van der Waals surface area contributed by atoms with Crippen molar-refractivity contribution in [2.24, 2.45) is 0 Å². The standard InChI is InChI=1S/C24H28N2O6/c1-3-26(13-12-22(27)28)23(29)21(15-31-2)25-24(30)32-14-20-18-10-6-4-8-16(18)17-9-5-7-11-19(17)20/h4-11,20-21H,3,12-15H2,1-2H3,(H,25,30)(H,27,28)/t21-/m0/s1. The molecule has 3 rings (SSSR count). The van der Waals surface area contributed by atoms with Gasteiger partial charge in [-0.1, -0.05) is 48.5 Å². The number of ether oxygens (including phenoxy) is 2. The summed E-state index contributed by atoms with van der Waals surface area (Å²) in [6, 6.07) is 15.1. The van der Waals surface area contributed by atoms with E-state index in [0.717, 1.165) is 22.3 Å². The minimum absolute atomic E-state index is 0.0490. The molecule has 8 nitrogen and oxygen atoms in total. The second kappa shape index (κ2) is 10.8. The molecule has 0 heterocycles. The molecule has 0 radical (unpaired) electrons. The van der Waals surface area contributed by atoms with Crippen LogP contribution in [0.15, 0.2) is 48.5 Å². The summed E-state index contributed by atoms with van der Waals surface area (Å²) >= 11 is 0. The fourth-order valence-corrected chi connectivity index (χ4v) is 4.00. The quantitative estimate of drug-likeness (QED) is 0.589. The summed E-state index contributed by atoms with van der Waals surface area (Å²) in [6.07, 6.45) is -0.902. The lowest BCUT2D eigenvalue weighted by molar-refractivity contribution is -0.139. The molecular weight excluding hydrogens is 412 g/mol. The van der Waals surface area contributed by atoms with E-state index in [4.69, 9.17) is 14.6 Å². The van der Waals surface area contributed by atoms with Gasteiger partial charge in [-0.3, -0.25) is 9.59 Å².